The number of nitro groups is 1. The molecule has 0 spiro atoms. The summed E-state index contributed by atoms with van der Waals surface area (Å²) in [6, 6.07) is 3.36. The third kappa shape index (κ3) is 4.29. The lowest BCUT2D eigenvalue weighted by molar-refractivity contribution is -0.380. The van der Waals surface area contributed by atoms with Gasteiger partial charge in [0, 0.05) is 41.0 Å². The van der Waals surface area contributed by atoms with Crippen LogP contribution in [0.1, 0.15) is 39.5 Å². The van der Waals surface area contributed by atoms with Crippen molar-refractivity contribution in [3.63, 3.8) is 0 Å². The summed E-state index contributed by atoms with van der Waals surface area (Å²) in [5, 5.41) is 13.9. The van der Waals surface area contributed by atoms with Crippen molar-refractivity contribution in [2.24, 2.45) is 5.73 Å². The van der Waals surface area contributed by atoms with Crippen LogP contribution in [0.2, 0.25) is 0 Å². The van der Waals surface area contributed by atoms with E-state index in [-0.39, 0.29) is 5.00 Å². The molecule has 2 amide bonds. The minimum atomic E-state index is -0.552. The minimum Gasteiger partial charge on any atom is -0.365 e. The summed E-state index contributed by atoms with van der Waals surface area (Å²) in [6.45, 7) is 5.81. The van der Waals surface area contributed by atoms with Crippen molar-refractivity contribution in [1.82, 2.24) is 4.90 Å². The molecule has 2 aromatic rings. The Bertz CT molecular complexity index is 961. The second-order valence-corrected chi connectivity index (χ2v) is 8.84. The summed E-state index contributed by atoms with van der Waals surface area (Å²) < 4.78 is 0. The standard InChI is InChI=1S/C18H20N4O4S2/c1-10(2)21-8-7-12-13(9-21)28-18(16(12)17(19)24)20-14(23)5-3-11-4-6-15(27-11)22(25)26/h3-6,10H,7-9H2,1-2H3,(H2,19,24)(H,20,23)/b5-3+. The van der Waals surface area contributed by atoms with Gasteiger partial charge in [-0.1, -0.05) is 11.3 Å². The van der Waals surface area contributed by atoms with E-state index in [0.29, 0.717) is 27.9 Å². The molecule has 3 heterocycles. The van der Waals surface area contributed by atoms with Gasteiger partial charge in [-0.05, 0) is 38.0 Å². The van der Waals surface area contributed by atoms with Crippen molar-refractivity contribution in [2.75, 3.05) is 11.9 Å². The molecule has 1 aliphatic rings. The lowest BCUT2D eigenvalue weighted by atomic mass is 10.0. The normalized spacial score (nSPS) is 14.4. The summed E-state index contributed by atoms with van der Waals surface area (Å²) in [6.07, 6.45) is 3.51. The van der Waals surface area contributed by atoms with E-state index in [0.717, 1.165) is 34.9 Å². The summed E-state index contributed by atoms with van der Waals surface area (Å²) in [7, 11) is 0. The fourth-order valence-corrected chi connectivity index (χ4v) is 5.06. The SMILES string of the molecule is CC(C)N1CCc2c(sc(NC(=O)/C=C/c3ccc([N+](=O)[O-])s3)c2C(N)=O)C1. The first-order valence-corrected chi connectivity index (χ1v) is 10.3. The zero-order valence-electron chi connectivity index (χ0n) is 15.4. The van der Waals surface area contributed by atoms with Crippen LogP contribution >= 0.6 is 22.7 Å². The molecule has 0 saturated carbocycles. The van der Waals surface area contributed by atoms with E-state index in [2.05, 4.69) is 24.1 Å². The van der Waals surface area contributed by atoms with Crippen LogP contribution in [0, 0.1) is 10.1 Å². The molecule has 0 fully saturated rings. The average Bonchev–Trinajstić information content (AvgIpc) is 3.23. The molecule has 3 N–H and O–H groups in total. The second kappa shape index (κ2) is 8.21. The maximum Gasteiger partial charge on any atom is 0.324 e. The fourth-order valence-electron chi connectivity index (χ4n) is 3.05. The van der Waals surface area contributed by atoms with E-state index < -0.39 is 16.7 Å². The van der Waals surface area contributed by atoms with E-state index >= 15 is 0 Å². The first kappa shape index (κ1) is 20.2. The molecule has 2 aromatic heterocycles. The number of primary amides is 1. The number of nitrogens with zero attached hydrogens (tertiary/aromatic N) is 2. The van der Waals surface area contributed by atoms with Gasteiger partial charge < -0.3 is 11.1 Å². The number of nitrogens with two attached hydrogens (primary N) is 1. The van der Waals surface area contributed by atoms with Crippen LogP contribution in [-0.2, 0) is 17.8 Å². The molecular weight excluding hydrogens is 400 g/mol. The van der Waals surface area contributed by atoms with Gasteiger partial charge in [0.1, 0.15) is 5.00 Å². The van der Waals surface area contributed by atoms with Crippen molar-refractivity contribution >= 4 is 50.6 Å². The maximum atomic E-state index is 12.3. The average molecular weight is 421 g/mol. The van der Waals surface area contributed by atoms with Crippen molar-refractivity contribution in [1.29, 1.82) is 0 Å². The zero-order valence-corrected chi connectivity index (χ0v) is 17.1. The van der Waals surface area contributed by atoms with Gasteiger partial charge in [-0.15, -0.1) is 11.3 Å². The molecule has 0 saturated heterocycles. The lowest BCUT2D eigenvalue weighted by Crippen LogP contribution is -2.35. The third-order valence-corrected chi connectivity index (χ3v) is 6.63. The number of carbonyl (C=O) groups is 2. The Hall–Kier alpha value is -2.56. The number of nitrogens with one attached hydrogen (secondary N) is 1. The number of amides is 2. The van der Waals surface area contributed by atoms with Gasteiger partial charge in [0.25, 0.3) is 5.91 Å². The largest absolute Gasteiger partial charge is 0.365 e. The Morgan fingerprint density at radius 3 is 2.71 bits per heavy atom. The molecule has 0 aliphatic carbocycles. The predicted octanol–water partition coefficient (Wildman–Crippen LogP) is 3.24. The molecule has 0 bridgehead atoms. The van der Waals surface area contributed by atoms with Gasteiger partial charge in [-0.3, -0.25) is 24.6 Å². The quantitative estimate of drug-likeness (QED) is 0.422. The minimum absolute atomic E-state index is 0.0108. The van der Waals surface area contributed by atoms with Gasteiger partial charge in [-0.2, -0.15) is 0 Å². The van der Waals surface area contributed by atoms with Crippen molar-refractivity contribution in [3.8, 4) is 0 Å². The first-order valence-electron chi connectivity index (χ1n) is 8.68. The number of anilines is 1. The molecule has 148 valence electrons. The van der Waals surface area contributed by atoms with Crippen molar-refractivity contribution < 1.29 is 14.5 Å². The fraction of sp³-hybridized carbons (Fsp3) is 0.333. The summed E-state index contributed by atoms with van der Waals surface area (Å²) >= 11 is 2.35. The first-order chi connectivity index (χ1) is 13.3. The molecule has 0 aromatic carbocycles. The highest BCUT2D eigenvalue weighted by Crippen LogP contribution is 2.37. The molecule has 8 nitrogen and oxygen atoms in total. The molecule has 1 aliphatic heterocycles. The number of fused-ring (bicyclic) bond motifs is 1. The highest BCUT2D eigenvalue weighted by atomic mass is 32.1. The van der Waals surface area contributed by atoms with E-state index in [4.69, 9.17) is 5.73 Å². The predicted molar refractivity (Wildman–Crippen MR) is 111 cm³/mol. The monoisotopic (exact) mass is 420 g/mol. The van der Waals surface area contributed by atoms with Gasteiger partial charge >= 0.3 is 5.00 Å². The van der Waals surface area contributed by atoms with E-state index in [1.54, 1.807) is 6.07 Å². The molecule has 0 unspecified atom stereocenters. The van der Waals surface area contributed by atoms with Gasteiger partial charge in [0.15, 0.2) is 0 Å². The maximum absolute atomic E-state index is 12.3. The van der Waals surface area contributed by atoms with E-state index in [9.17, 15) is 19.7 Å². The smallest absolute Gasteiger partial charge is 0.324 e. The van der Waals surface area contributed by atoms with Crippen molar-refractivity contribution in [3.05, 3.63) is 49.2 Å². The van der Waals surface area contributed by atoms with Crippen LogP contribution < -0.4 is 11.1 Å². The zero-order chi connectivity index (χ0) is 20.4. The van der Waals surface area contributed by atoms with Gasteiger partial charge in [0.2, 0.25) is 5.91 Å². The second-order valence-electron chi connectivity index (χ2n) is 6.64. The van der Waals surface area contributed by atoms with Crippen LogP contribution in [0.25, 0.3) is 6.08 Å². The topological polar surface area (TPSA) is 119 Å². The Morgan fingerprint density at radius 1 is 1.36 bits per heavy atom. The molecule has 0 atom stereocenters. The third-order valence-electron chi connectivity index (χ3n) is 4.49. The highest BCUT2D eigenvalue weighted by molar-refractivity contribution is 7.17. The van der Waals surface area contributed by atoms with Crippen LogP contribution in [0.15, 0.2) is 18.2 Å². The number of hydrogen-bond donors (Lipinski definition) is 2. The van der Waals surface area contributed by atoms with Crippen LogP contribution in [0.4, 0.5) is 10.0 Å². The number of hydrogen-bond acceptors (Lipinski definition) is 7. The van der Waals surface area contributed by atoms with Crippen molar-refractivity contribution in [2.45, 2.75) is 32.9 Å². The summed E-state index contributed by atoms with van der Waals surface area (Å²) in [5.74, 6) is -0.971. The lowest BCUT2D eigenvalue weighted by Gasteiger charge is -2.30. The molecule has 28 heavy (non-hydrogen) atoms. The molecule has 3 rings (SSSR count). The number of thiophene rings is 2. The van der Waals surface area contributed by atoms with Gasteiger partial charge in [-0.25, -0.2) is 0 Å². The Balaban J connectivity index is 1.77. The van der Waals surface area contributed by atoms with Crippen LogP contribution in [-0.4, -0.2) is 34.2 Å². The highest BCUT2D eigenvalue weighted by Gasteiger charge is 2.28. The summed E-state index contributed by atoms with van der Waals surface area (Å²) in [5.41, 5.74) is 6.88. The van der Waals surface area contributed by atoms with E-state index in [1.165, 1.54) is 29.6 Å². The molecule has 0 radical (unpaired) electrons. The van der Waals surface area contributed by atoms with Crippen LogP contribution in [0.3, 0.4) is 0 Å². The number of carbonyl (C=O) groups excluding carboxylic acids is 2. The Labute approximate surface area is 169 Å². The number of rotatable bonds is 6. The molecular formula is C18H20N4O4S2. The molecule has 10 heteroatoms. The summed E-state index contributed by atoms with van der Waals surface area (Å²) in [4.78, 5) is 38.5. The van der Waals surface area contributed by atoms with E-state index in [1.807, 2.05) is 0 Å². The Morgan fingerprint density at radius 2 is 2.11 bits per heavy atom. The van der Waals surface area contributed by atoms with Crippen LogP contribution in [0.5, 0.6) is 0 Å². The van der Waals surface area contributed by atoms with Gasteiger partial charge in [0.05, 0.1) is 10.5 Å². The Kier molecular flexibility index (Phi) is 5.92.